The number of anilines is 1. The second kappa shape index (κ2) is 3.96. The van der Waals surface area contributed by atoms with Crippen molar-refractivity contribution in [1.82, 2.24) is 0 Å². The third kappa shape index (κ3) is 2.14. The van der Waals surface area contributed by atoms with Gasteiger partial charge in [-0.1, -0.05) is 6.07 Å². The molecule has 0 saturated heterocycles. The fraction of sp³-hybridized carbons (Fsp3) is 0.364. The number of carbonyl (C=O) groups excluding carboxylic acids is 1. The van der Waals surface area contributed by atoms with Gasteiger partial charge in [0.2, 0.25) is 0 Å². The van der Waals surface area contributed by atoms with Crippen molar-refractivity contribution in [1.29, 1.82) is 0 Å². The van der Waals surface area contributed by atoms with Gasteiger partial charge >= 0.3 is 6.43 Å². The Kier molecular flexibility index (Phi) is 2.66. The number of rotatable bonds is 2. The van der Waals surface area contributed by atoms with Gasteiger partial charge in [-0.05, 0) is 42.5 Å². The summed E-state index contributed by atoms with van der Waals surface area (Å²) in [5.41, 5.74) is 2.87. The smallest absolute Gasteiger partial charge is 0.315 e. The van der Waals surface area contributed by atoms with Crippen molar-refractivity contribution in [2.75, 3.05) is 5.32 Å². The molecule has 80 valence electrons. The largest absolute Gasteiger partial charge is 0.321 e. The van der Waals surface area contributed by atoms with Crippen LogP contribution in [-0.2, 0) is 17.6 Å². The van der Waals surface area contributed by atoms with Crippen molar-refractivity contribution in [2.45, 2.75) is 25.7 Å². The zero-order chi connectivity index (χ0) is 10.8. The molecule has 2 rings (SSSR count). The van der Waals surface area contributed by atoms with Crippen LogP contribution in [0.25, 0.3) is 0 Å². The quantitative estimate of drug-likeness (QED) is 0.799. The zero-order valence-electron chi connectivity index (χ0n) is 8.09. The predicted octanol–water partition coefficient (Wildman–Crippen LogP) is 2.38. The summed E-state index contributed by atoms with van der Waals surface area (Å²) in [5.74, 6) is -1.24. The van der Waals surface area contributed by atoms with Gasteiger partial charge in [-0.3, -0.25) is 4.79 Å². The molecule has 0 aliphatic heterocycles. The number of halogens is 2. The van der Waals surface area contributed by atoms with Crippen LogP contribution in [0.3, 0.4) is 0 Å². The summed E-state index contributed by atoms with van der Waals surface area (Å²) >= 11 is 0. The van der Waals surface area contributed by atoms with Crippen LogP contribution in [-0.4, -0.2) is 12.3 Å². The molecule has 0 saturated carbocycles. The maximum absolute atomic E-state index is 12.0. The summed E-state index contributed by atoms with van der Waals surface area (Å²) in [6, 6.07) is 5.34. The number of amides is 1. The van der Waals surface area contributed by atoms with E-state index in [-0.39, 0.29) is 0 Å². The van der Waals surface area contributed by atoms with Crippen LogP contribution in [0.2, 0.25) is 0 Å². The third-order valence-corrected chi connectivity index (χ3v) is 2.56. The lowest BCUT2D eigenvalue weighted by molar-refractivity contribution is -0.126. The number of hydrogen-bond acceptors (Lipinski definition) is 1. The van der Waals surface area contributed by atoms with Gasteiger partial charge in [0.05, 0.1) is 0 Å². The van der Waals surface area contributed by atoms with Crippen LogP contribution in [0.1, 0.15) is 17.5 Å². The van der Waals surface area contributed by atoms with Crippen LogP contribution in [0.4, 0.5) is 14.5 Å². The standard InChI is InChI=1S/C11H11F2NO/c12-10(13)11(15)14-9-5-4-7-2-1-3-8(7)6-9/h4-6,10H,1-3H2,(H,14,15). The summed E-state index contributed by atoms with van der Waals surface area (Å²) in [7, 11) is 0. The van der Waals surface area contributed by atoms with Gasteiger partial charge in [0.25, 0.3) is 5.91 Å². The Morgan fingerprint density at radius 3 is 2.73 bits per heavy atom. The Morgan fingerprint density at radius 2 is 2.00 bits per heavy atom. The number of carbonyl (C=O) groups is 1. The van der Waals surface area contributed by atoms with E-state index in [2.05, 4.69) is 5.32 Å². The topological polar surface area (TPSA) is 29.1 Å². The van der Waals surface area contributed by atoms with Gasteiger partial charge in [-0.15, -0.1) is 0 Å². The molecular formula is C11H11F2NO. The van der Waals surface area contributed by atoms with Crippen molar-refractivity contribution < 1.29 is 13.6 Å². The van der Waals surface area contributed by atoms with Gasteiger partial charge in [0.1, 0.15) is 0 Å². The Labute approximate surface area is 86.3 Å². The molecule has 1 amide bonds. The summed E-state index contributed by atoms with van der Waals surface area (Å²) in [6.07, 6.45) is 0.145. The van der Waals surface area contributed by atoms with E-state index >= 15 is 0 Å². The van der Waals surface area contributed by atoms with E-state index in [1.54, 1.807) is 12.1 Å². The molecule has 0 heterocycles. The Balaban J connectivity index is 2.13. The highest BCUT2D eigenvalue weighted by Crippen LogP contribution is 2.24. The zero-order valence-corrected chi connectivity index (χ0v) is 8.09. The molecule has 0 aromatic heterocycles. The first-order chi connectivity index (χ1) is 7.16. The molecule has 2 nitrogen and oxygen atoms in total. The molecule has 1 N–H and O–H groups in total. The van der Waals surface area contributed by atoms with Crippen LogP contribution in [0, 0.1) is 0 Å². The average Bonchev–Trinajstić information content (AvgIpc) is 2.64. The van der Waals surface area contributed by atoms with E-state index in [4.69, 9.17) is 0 Å². The van der Waals surface area contributed by atoms with Gasteiger partial charge in [0, 0.05) is 5.69 Å². The SMILES string of the molecule is O=C(Nc1ccc2c(c1)CCC2)C(F)F. The van der Waals surface area contributed by atoms with Gasteiger partial charge in [-0.25, -0.2) is 0 Å². The Morgan fingerprint density at radius 1 is 1.27 bits per heavy atom. The van der Waals surface area contributed by atoms with Crippen molar-refractivity contribution in [3.63, 3.8) is 0 Å². The average molecular weight is 211 g/mol. The predicted molar refractivity (Wildman–Crippen MR) is 53.1 cm³/mol. The summed E-state index contributed by atoms with van der Waals surface area (Å²) < 4.78 is 24.0. The minimum absolute atomic E-state index is 0.459. The van der Waals surface area contributed by atoms with E-state index in [1.807, 2.05) is 6.07 Å². The minimum atomic E-state index is -2.96. The van der Waals surface area contributed by atoms with Crippen molar-refractivity contribution in [3.05, 3.63) is 29.3 Å². The molecule has 1 aromatic rings. The summed E-state index contributed by atoms with van der Waals surface area (Å²) in [5, 5.41) is 2.18. The second-order valence-electron chi connectivity index (χ2n) is 3.63. The monoisotopic (exact) mass is 211 g/mol. The molecular weight excluding hydrogens is 200 g/mol. The van der Waals surface area contributed by atoms with E-state index in [9.17, 15) is 13.6 Å². The molecule has 0 fully saturated rings. The second-order valence-corrected chi connectivity index (χ2v) is 3.63. The fourth-order valence-electron chi connectivity index (χ4n) is 1.85. The summed E-state index contributed by atoms with van der Waals surface area (Å²) in [4.78, 5) is 10.8. The molecule has 1 aromatic carbocycles. The first kappa shape index (κ1) is 10.1. The molecule has 0 bridgehead atoms. The van der Waals surface area contributed by atoms with Crippen molar-refractivity contribution in [2.24, 2.45) is 0 Å². The number of aryl methyl sites for hydroxylation is 2. The van der Waals surface area contributed by atoms with Crippen LogP contribution in [0.5, 0.6) is 0 Å². The van der Waals surface area contributed by atoms with Crippen LogP contribution in [0.15, 0.2) is 18.2 Å². The number of fused-ring (bicyclic) bond motifs is 1. The highest BCUT2D eigenvalue weighted by atomic mass is 19.3. The number of nitrogens with one attached hydrogen (secondary N) is 1. The van der Waals surface area contributed by atoms with Crippen LogP contribution < -0.4 is 5.32 Å². The first-order valence-corrected chi connectivity index (χ1v) is 4.87. The molecule has 1 aliphatic rings. The van der Waals surface area contributed by atoms with E-state index in [1.165, 1.54) is 5.56 Å². The molecule has 15 heavy (non-hydrogen) atoms. The lowest BCUT2D eigenvalue weighted by Gasteiger charge is -2.06. The molecule has 0 spiro atoms. The first-order valence-electron chi connectivity index (χ1n) is 4.87. The number of benzene rings is 1. The van der Waals surface area contributed by atoms with Gasteiger partial charge < -0.3 is 5.32 Å². The Hall–Kier alpha value is -1.45. The Bertz CT molecular complexity index is 390. The highest BCUT2D eigenvalue weighted by molar-refractivity contribution is 5.93. The number of hydrogen-bond donors (Lipinski definition) is 1. The summed E-state index contributed by atoms with van der Waals surface area (Å²) in [6.45, 7) is 0. The lowest BCUT2D eigenvalue weighted by Crippen LogP contribution is -2.20. The molecule has 1 aliphatic carbocycles. The van der Waals surface area contributed by atoms with Gasteiger partial charge in [0.15, 0.2) is 0 Å². The molecule has 0 unspecified atom stereocenters. The fourth-order valence-corrected chi connectivity index (χ4v) is 1.85. The maximum Gasteiger partial charge on any atom is 0.315 e. The van der Waals surface area contributed by atoms with E-state index < -0.39 is 12.3 Å². The van der Waals surface area contributed by atoms with Crippen molar-refractivity contribution in [3.8, 4) is 0 Å². The third-order valence-electron chi connectivity index (χ3n) is 2.56. The van der Waals surface area contributed by atoms with Crippen molar-refractivity contribution >= 4 is 11.6 Å². The normalized spacial score (nSPS) is 14.1. The lowest BCUT2D eigenvalue weighted by atomic mass is 10.1. The van der Waals surface area contributed by atoms with E-state index in [0.717, 1.165) is 24.8 Å². The van der Waals surface area contributed by atoms with Gasteiger partial charge in [-0.2, -0.15) is 8.78 Å². The molecule has 0 atom stereocenters. The van der Waals surface area contributed by atoms with E-state index in [0.29, 0.717) is 5.69 Å². The highest BCUT2D eigenvalue weighted by Gasteiger charge is 2.16. The maximum atomic E-state index is 12.0. The molecule has 0 radical (unpaired) electrons. The minimum Gasteiger partial charge on any atom is -0.321 e. The number of alkyl halides is 2. The molecule has 4 heteroatoms. The van der Waals surface area contributed by atoms with Crippen LogP contribution >= 0.6 is 0 Å².